The fourth-order valence-electron chi connectivity index (χ4n) is 1.95. The molecule has 0 bridgehead atoms. The highest BCUT2D eigenvalue weighted by molar-refractivity contribution is 7.98. The lowest BCUT2D eigenvalue weighted by atomic mass is 10.3. The molecule has 6 nitrogen and oxygen atoms in total. The number of amides is 1. The first-order chi connectivity index (χ1) is 9.58. The van der Waals surface area contributed by atoms with Gasteiger partial charge in [0.15, 0.2) is 10.9 Å². The van der Waals surface area contributed by atoms with Crippen molar-refractivity contribution in [2.45, 2.75) is 12.1 Å². The van der Waals surface area contributed by atoms with Crippen LogP contribution in [0.15, 0.2) is 29.6 Å². The number of thioether (sulfide) groups is 1. The average molecular weight is 293 g/mol. The van der Waals surface area contributed by atoms with Crippen LogP contribution in [-0.4, -0.2) is 50.6 Å². The number of carboxylic acids is 1. The van der Waals surface area contributed by atoms with Gasteiger partial charge in [-0.1, -0.05) is 17.8 Å². The molecule has 0 aliphatic carbocycles. The standard InChI is InChI=1S/C13H15N3O3S/c1-3-15(8-10(17)18)12(19)11-9-6-4-5-7-16(9)13(14-11)20-2/h4-7H,3,8H2,1-2H3,(H,17,18). The summed E-state index contributed by atoms with van der Waals surface area (Å²) in [6, 6.07) is 5.48. The molecule has 0 saturated heterocycles. The summed E-state index contributed by atoms with van der Waals surface area (Å²) >= 11 is 1.43. The minimum Gasteiger partial charge on any atom is -0.480 e. The number of carbonyl (C=O) groups is 2. The van der Waals surface area contributed by atoms with Crippen molar-refractivity contribution in [3.63, 3.8) is 0 Å². The Morgan fingerprint density at radius 1 is 1.45 bits per heavy atom. The second kappa shape index (κ2) is 5.96. The van der Waals surface area contributed by atoms with Gasteiger partial charge >= 0.3 is 5.97 Å². The molecule has 0 radical (unpaired) electrons. The average Bonchev–Trinajstić information content (AvgIpc) is 2.82. The lowest BCUT2D eigenvalue weighted by molar-refractivity contribution is -0.137. The van der Waals surface area contributed by atoms with E-state index >= 15 is 0 Å². The molecule has 0 atom stereocenters. The first kappa shape index (κ1) is 14.4. The van der Waals surface area contributed by atoms with Crippen LogP contribution in [0.4, 0.5) is 0 Å². The Kier molecular flexibility index (Phi) is 4.29. The number of aliphatic carboxylic acids is 1. The molecule has 2 aromatic heterocycles. The van der Waals surface area contributed by atoms with Gasteiger partial charge in [-0.2, -0.15) is 0 Å². The molecule has 0 aromatic carbocycles. The summed E-state index contributed by atoms with van der Waals surface area (Å²) in [4.78, 5) is 28.8. The molecule has 0 aliphatic heterocycles. The van der Waals surface area contributed by atoms with Crippen LogP contribution in [0.1, 0.15) is 17.4 Å². The Bertz CT molecular complexity index is 653. The molecule has 0 saturated carbocycles. The fraction of sp³-hybridized carbons (Fsp3) is 0.308. The highest BCUT2D eigenvalue weighted by Crippen LogP contribution is 2.21. The molecule has 1 N–H and O–H groups in total. The van der Waals surface area contributed by atoms with E-state index in [1.54, 1.807) is 13.0 Å². The van der Waals surface area contributed by atoms with Crippen LogP contribution in [0.25, 0.3) is 5.52 Å². The first-order valence-corrected chi connectivity index (χ1v) is 7.33. The van der Waals surface area contributed by atoms with E-state index in [9.17, 15) is 9.59 Å². The molecule has 1 amide bonds. The molecule has 0 fully saturated rings. The smallest absolute Gasteiger partial charge is 0.323 e. The molecular formula is C13H15N3O3S. The van der Waals surface area contributed by atoms with E-state index in [-0.39, 0.29) is 18.1 Å². The van der Waals surface area contributed by atoms with E-state index in [1.165, 1.54) is 16.7 Å². The minimum atomic E-state index is -1.03. The number of hydrogen-bond acceptors (Lipinski definition) is 4. The largest absolute Gasteiger partial charge is 0.480 e. The van der Waals surface area contributed by atoms with E-state index in [0.717, 1.165) is 0 Å². The zero-order valence-electron chi connectivity index (χ0n) is 11.2. The second-order valence-electron chi connectivity index (χ2n) is 4.12. The van der Waals surface area contributed by atoms with Crippen LogP contribution >= 0.6 is 11.8 Å². The van der Waals surface area contributed by atoms with Gasteiger partial charge in [0.1, 0.15) is 6.54 Å². The molecule has 2 rings (SSSR count). The predicted molar refractivity (Wildman–Crippen MR) is 76.2 cm³/mol. The first-order valence-electron chi connectivity index (χ1n) is 6.10. The van der Waals surface area contributed by atoms with Gasteiger partial charge in [0.2, 0.25) is 0 Å². The summed E-state index contributed by atoms with van der Waals surface area (Å²) in [5.74, 6) is -1.40. The van der Waals surface area contributed by atoms with E-state index in [0.29, 0.717) is 17.2 Å². The lowest BCUT2D eigenvalue weighted by Gasteiger charge is -2.17. The number of aromatic nitrogens is 2. The van der Waals surface area contributed by atoms with Crippen molar-refractivity contribution < 1.29 is 14.7 Å². The summed E-state index contributed by atoms with van der Waals surface area (Å²) < 4.78 is 1.83. The van der Waals surface area contributed by atoms with Gasteiger partial charge in [-0.3, -0.25) is 14.0 Å². The summed E-state index contributed by atoms with van der Waals surface area (Å²) in [6.07, 6.45) is 3.71. The number of carboxylic acid groups (broad SMARTS) is 1. The van der Waals surface area contributed by atoms with Crippen LogP contribution in [0.2, 0.25) is 0 Å². The predicted octanol–water partition coefficient (Wildman–Crippen LogP) is 1.60. The van der Waals surface area contributed by atoms with E-state index in [4.69, 9.17) is 5.11 Å². The number of pyridine rings is 1. The quantitative estimate of drug-likeness (QED) is 0.848. The van der Waals surface area contributed by atoms with Crippen molar-refractivity contribution in [2.75, 3.05) is 19.3 Å². The third kappa shape index (κ3) is 2.62. The topological polar surface area (TPSA) is 74.9 Å². The summed E-state index contributed by atoms with van der Waals surface area (Å²) in [6.45, 7) is 1.75. The number of imidazole rings is 1. The SMILES string of the molecule is CCN(CC(=O)O)C(=O)c1nc(SC)n2ccccc12. The minimum absolute atomic E-state index is 0.290. The van der Waals surface area contributed by atoms with Crippen LogP contribution in [0.5, 0.6) is 0 Å². The third-order valence-electron chi connectivity index (χ3n) is 2.90. The van der Waals surface area contributed by atoms with Crippen molar-refractivity contribution in [1.29, 1.82) is 0 Å². The number of rotatable bonds is 5. The van der Waals surface area contributed by atoms with Crippen molar-refractivity contribution in [3.8, 4) is 0 Å². The summed E-state index contributed by atoms with van der Waals surface area (Å²) in [5.41, 5.74) is 0.976. The van der Waals surface area contributed by atoms with Crippen molar-refractivity contribution >= 4 is 29.2 Å². The second-order valence-corrected chi connectivity index (χ2v) is 4.89. The van der Waals surface area contributed by atoms with Crippen LogP contribution < -0.4 is 0 Å². The number of carbonyl (C=O) groups excluding carboxylic acids is 1. The number of nitrogens with zero attached hydrogens (tertiary/aromatic N) is 3. The number of likely N-dealkylation sites (N-methyl/N-ethyl adjacent to an activating group) is 1. The maximum Gasteiger partial charge on any atom is 0.323 e. The summed E-state index contributed by atoms with van der Waals surface area (Å²) in [7, 11) is 0. The normalized spacial score (nSPS) is 10.7. The van der Waals surface area contributed by atoms with Crippen LogP contribution in [-0.2, 0) is 4.79 Å². The lowest BCUT2D eigenvalue weighted by Crippen LogP contribution is -2.35. The highest BCUT2D eigenvalue weighted by Gasteiger charge is 2.23. The zero-order chi connectivity index (χ0) is 14.7. The van der Waals surface area contributed by atoms with Gasteiger partial charge in [-0.05, 0) is 25.3 Å². The molecular weight excluding hydrogens is 278 g/mol. The van der Waals surface area contributed by atoms with Crippen LogP contribution in [0, 0.1) is 0 Å². The molecule has 106 valence electrons. The maximum atomic E-state index is 12.4. The number of fused-ring (bicyclic) bond motifs is 1. The third-order valence-corrected chi connectivity index (χ3v) is 3.55. The monoisotopic (exact) mass is 293 g/mol. The van der Waals surface area contributed by atoms with Gasteiger partial charge < -0.3 is 10.0 Å². The fourth-order valence-corrected chi connectivity index (χ4v) is 2.49. The Morgan fingerprint density at radius 2 is 2.20 bits per heavy atom. The molecule has 0 spiro atoms. The Labute approximate surface area is 120 Å². The summed E-state index contributed by atoms with van der Waals surface area (Å²) in [5, 5.41) is 9.56. The molecule has 7 heteroatoms. The Morgan fingerprint density at radius 3 is 2.80 bits per heavy atom. The molecule has 2 heterocycles. The molecule has 2 aromatic rings. The molecule has 0 aliphatic rings. The Hall–Kier alpha value is -2.02. The maximum absolute atomic E-state index is 12.4. The van der Waals surface area contributed by atoms with E-state index in [2.05, 4.69) is 4.98 Å². The van der Waals surface area contributed by atoms with Crippen molar-refractivity contribution in [3.05, 3.63) is 30.1 Å². The van der Waals surface area contributed by atoms with E-state index in [1.807, 2.05) is 29.0 Å². The van der Waals surface area contributed by atoms with Gasteiger partial charge in [0.05, 0.1) is 5.52 Å². The van der Waals surface area contributed by atoms with Gasteiger partial charge in [-0.25, -0.2) is 4.98 Å². The zero-order valence-corrected chi connectivity index (χ0v) is 12.1. The molecule has 0 unspecified atom stereocenters. The highest BCUT2D eigenvalue weighted by atomic mass is 32.2. The van der Waals surface area contributed by atoms with Crippen LogP contribution in [0.3, 0.4) is 0 Å². The van der Waals surface area contributed by atoms with Gasteiger partial charge in [-0.15, -0.1) is 0 Å². The van der Waals surface area contributed by atoms with Crippen molar-refractivity contribution in [2.24, 2.45) is 0 Å². The van der Waals surface area contributed by atoms with Crippen molar-refractivity contribution in [1.82, 2.24) is 14.3 Å². The van der Waals surface area contributed by atoms with E-state index < -0.39 is 5.97 Å². The van der Waals surface area contributed by atoms with Gasteiger partial charge in [0, 0.05) is 12.7 Å². The van der Waals surface area contributed by atoms with Gasteiger partial charge in [0.25, 0.3) is 5.91 Å². The molecule has 20 heavy (non-hydrogen) atoms. The Balaban J connectivity index is 2.46. The number of hydrogen-bond donors (Lipinski definition) is 1.